The highest BCUT2D eigenvalue weighted by Crippen LogP contribution is 2.32. The minimum atomic E-state index is -0.229. The first-order valence-corrected chi connectivity index (χ1v) is 7.64. The molecule has 114 valence electrons. The smallest absolute Gasteiger partial charge is 0.314 e. The highest BCUT2D eigenvalue weighted by atomic mass is 16.5. The summed E-state index contributed by atoms with van der Waals surface area (Å²) in [5.74, 6) is 0.675. The van der Waals surface area contributed by atoms with Crippen LogP contribution in [0.2, 0.25) is 0 Å². The molecule has 0 unspecified atom stereocenters. The van der Waals surface area contributed by atoms with E-state index in [1.807, 2.05) is 0 Å². The van der Waals surface area contributed by atoms with Gasteiger partial charge in [0, 0.05) is 0 Å². The zero-order valence-corrected chi connectivity index (χ0v) is 12.4. The molecule has 4 nitrogen and oxygen atoms in total. The van der Waals surface area contributed by atoms with Crippen molar-refractivity contribution in [3.63, 3.8) is 0 Å². The minimum absolute atomic E-state index is 0.0495. The van der Waals surface area contributed by atoms with E-state index in [2.05, 4.69) is 6.92 Å². The van der Waals surface area contributed by atoms with E-state index in [-0.39, 0.29) is 23.2 Å². The number of benzene rings is 1. The first kappa shape index (κ1) is 15.5. The first-order chi connectivity index (χ1) is 10.1. The van der Waals surface area contributed by atoms with Crippen molar-refractivity contribution in [3.8, 4) is 11.5 Å². The van der Waals surface area contributed by atoms with E-state index >= 15 is 0 Å². The number of aldehydes is 1. The van der Waals surface area contributed by atoms with Crippen molar-refractivity contribution < 1.29 is 19.4 Å². The van der Waals surface area contributed by atoms with Crippen LogP contribution in [0.5, 0.6) is 11.5 Å². The van der Waals surface area contributed by atoms with Gasteiger partial charge in [-0.2, -0.15) is 0 Å². The second-order valence-electron chi connectivity index (χ2n) is 5.77. The molecule has 0 saturated heterocycles. The Hall–Kier alpha value is -1.84. The fraction of sp³-hybridized carbons (Fsp3) is 0.529. The second kappa shape index (κ2) is 7.25. The average Bonchev–Trinajstić information content (AvgIpc) is 2.50. The van der Waals surface area contributed by atoms with Crippen LogP contribution >= 0.6 is 0 Å². The summed E-state index contributed by atoms with van der Waals surface area (Å²) in [6.07, 6.45) is 6.91. The van der Waals surface area contributed by atoms with Gasteiger partial charge in [0.2, 0.25) is 0 Å². The normalized spacial score (nSPS) is 21.8. The Balaban J connectivity index is 1.92. The van der Waals surface area contributed by atoms with Crippen LogP contribution in [0.1, 0.15) is 55.8 Å². The van der Waals surface area contributed by atoms with Crippen LogP contribution in [0.3, 0.4) is 0 Å². The van der Waals surface area contributed by atoms with Gasteiger partial charge in [0.1, 0.15) is 11.5 Å². The van der Waals surface area contributed by atoms with Crippen molar-refractivity contribution in [2.75, 3.05) is 0 Å². The average molecular weight is 290 g/mol. The third-order valence-electron chi connectivity index (χ3n) is 4.22. The maximum atomic E-state index is 12.1. The van der Waals surface area contributed by atoms with E-state index in [9.17, 15) is 14.7 Å². The molecule has 1 aliphatic carbocycles. The van der Waals surface area contributed by atoms with Crippen LogP contribution in [0.15, 0.2) is 18.2 Å². The fourth-order valence-electron chi connectivity index (χ4n) is 2.99. The van der Waals surface area contributed by atoms with E-state index in [4.69, 9.17) is 4.74 Å². The monoisotopic (exact) mass is 290 g/mol. The Morgan fingerprint density at radius 1 is 1.33 bits per heavy atom. The Labute approximate surface area is 125 Å². The molecule has 1 aliphatic rings. The summed E-state index contributed by atoms with van der Waals surface area (Å²) < 4.78 is 5.34. The first-order valence-electron chi connectivity index (χ1n) is 7.64. The zero-order chi connectivity index (χ0) is 15.2. The van der Waals surface area contributed by atoms with Crippen molar-refractivity contribution >= 4 is 12.3 Å². The molecule has 1 N–H and O–H groups in total. The van der Waals surface area contributed by atoms with Crippen LogP contribution in [-0.4, -0.2) is 17.4 Å². The van der Waals surface area contributed by atoms with Gasteiger partial charge in [-0.25, -0.2) is 0 Å². The third kappa shape index (κ3) is 4.06. The van der Waals surface area contributed by atoms with Gasteiger partial charge in [-0.05, 0) is 49.8 Å². The molecule has 0 aromatic heterocycles. The fourth-order valence-corrected chi connectivity index (χ4v) is 2.99. The Morgan fingerprint density at radius 3 is 2.67 bits per heavy atom. The standard InChI is InChI=1S/C17H22O4/c1-2-3-12-4-6-13(7-5-12)17(20)21-15-8-9-16(19)14(10-15)11-18/h8-13,19H,2-7H2,1H3. The predicted molar refractivity (Wildman–Crippen MR) is 79.5 cm³/mol. The van der Waals surface area contributed by atoms with Gasteiger partial charge in [-0.1, -0.05) is 19.8 Å². The summed E-state index contributed by atoms with van der Waals surface area (Å²) in [6.45, 7) is 2.19. The highest BCUT2D eigenvalue weighted by Gasteiger charge is 2.27. The second-order valence-corrected chi connectivity index (χ2v) is 5.77. The van der Waals surface area contributed by atoms with Crippen molar-refractivity contribution in [1.29, 1.82) is 0 Å². The topological polar surface area (TPSA) is 63.6 Å². The third-order valence-corrected chi connectivity index (χ3v) is 4.22. The summed E-state index contributed by atoms with van der Waals surface area (Å²) in [5.41, 5.74) is 0.131. The van der Waals surface area contributed by atoms with E-state index in [1.165, 1.54) is 31.0 Å². The number of phenols is 1. The van der Waals surface area contributed by atoms with Crippen LogP contribution < -0.4 is 4.74 Å². The van der Waals surface area contributed by atoms with Gasteiger partial charge in [-0.15, -0.1) is 0 Å². The number of rotatable bonds is 5. The number of hydrogen-bond donors (Lipinski definition) is 1. The van der Waals surface area contributed by atoms with Crippen molar-refractivity contribution in [1.82, 2.24) is 0 Å². The molecular weight excluding hydrogens is 268 g/mol. The maximum absolute atomic E-state index is 12.1. The Bertz CT molecular complexity index is 502. The van der Waals surface area contributed by atoms with E-state index in [0.717, 1.165) is 31.6 Å². The molecule has 2 rings (SSSR count). The quantitative estimate of drug-likeness (QED) is 0.510. The Kier molecular flexibility index (Phi) is 5.37. The van der Waals surface area contributed by atoms with Gasteiger partial charge >= 0.3 is 5.97 Å². The molecule has 0 aliphatic heterocycles. The lowest BCUT2D eigenvalue weighted by Gasteiger charge is -2.26. The predicted octanol–water partition coefficient (Wildman–Crippen LogP) is 3.72. The highest BCUT2D eigenvalue weighted by molar-refractivity contribution is 5.81. The summed E-state index contributed by atoms with van der Waals surface area (Å²) in [4.78, 5) is 22.9. The molecule has 0 atom stereocenters. The molecule has 0 spiro atoms. The van der Waals surface area contributed by atoms with E-state index in [0.29, 0.717) is 12.0 Å². The number of hydrogen-bond acceptors (Lipinski definition) is 4. The number of aromatic hydroxyl groups is 1. The molecule has 21 heavy (non-hydrogen) atoms. The number of phenolic OH excluding ortho intramolecular Hbond substituents is 1. The molecule has 0 heterocycles. The molecule has 1 fully saturated rings. The zero-order valence-electron chi connectivity index (χ0n) is 12.4. The molecule has 1 saturated carbocycles. The van der Waals surface area contributed by atoms with Gasteiger partial charge in [0.25, 0.3) is 0 Å². The molecule has 1 aromatic rings. The molecule has 0 bridgehead atoms. The van der Waals surface area contributed by atoms with Crippen LogP contribution in [0, 0.1) is 11.8 Å². The van der Waals surface area contributed by atoms with E-state index < -0.39 is 0 Å². The number of carbonyl (C=O) groups excluding carboxylic acids is 2. The SMILES string of the molecule is CCCC1CCC(C(=O)Oc2ccc(O)c(C=O)c2)CC1. The maximum Gasteiger partial charge on any atom is 0.314 e. The largest absolute Gasteiger partial charge is 0.507 e. The minimum Gasteiger partial charge on any atom is -0.507 e. The molecule has 0 amide bonds. The number of esters is 1. The number of carbonyl (C=O) groups is 2. The van der Waals surface area contributed by atoms with Crippen molar-refractivity contribution in [2.45, 2.75) is 45.4 Å². The van der Waals surface area contributed by atoms with Gasteiger partial charge in [-0.3, -0.25) is 9.59 Å². The lowest BCUT2D eigenvalue weighted by atomic mass is 9.80. The summed E-state index contributed by atoms with van der Waals surface area (Å²) in [5, 5.41) is 9.43. The van der Waals surface area contributed by atoms with Gasteiger partial charge in [0.05, 0.1) is 11.5 Å². The summed E-state index contributed by atoms with van der Waals surface area (Å²) in [7, 11) is 0. The van der Waals surface area contributed by atoms with Crippen LogP contribution in [0.25, 0.3) is 0 Å². The Morgan fingerprint density at radius 2 is 2.05 bits per heavy atom. The molecule has 4 heteroatoms. The summed E-state index contributed by atoms with van der Waals surface area (Å²) in [6, 6.07) is 4.26. The number of ether oxygens (including phenoxy) is 1. The van der Waals surface area contributed by atoms with Crippen molar-refractivity contribution in [3.05, 3.63) is 23.8 Å². The van der Waals surface area contributed by atoms with Crippen LogP contribution in [-0.2, 0) is 4.79 Å². The van der Waals surface area contributed by atoms with Gasteiger partial charge in [0.15, 0.2) is 6.29 Å². The summed E-state index contributed by atoms with van der Waals surface area (Å²) >= 11 is 0. The molecule has 1 aromatic carbocycles. The lowest BCUT2D eigenvalue weighted by molar-refractivity contribution is -0.140. The van der Waals surface area contributed by atoms with Crippen molar-refractivity contribution in [2.24, 2.45) is 11.8 Å². The molecular formula is C17H22O4. The van der Waals surface area contributed by atoms with Crippen LogP contribution in [0.4, 0.5) is 0 Å². The van der Waals surface area contributed by atoms with E-state index in [1.54, 1.807) is 0 Å². The molecule has 0 radical (unpaired) electrons. The lowest BCUT2D eigenvalue weighted by Crippen LogP contribution is -2.25. The van der Waals surface area contributed by atoms with Gasteiger partial charge < -0.3 is 9.84 Å².